The molecule has 0 aromatic heterocycles. The fourth-order valence-electron chi connectivity index (χ4n) is 2.70. The van der Waals surface area contributed by atoms with Crippen LogP contribution in [0, 0.1) is 0 Å². The fourth-order valence-corrected chi connectivity index (χ4v) is 3.48. The second kappa shape index (κ2) is 8.42. The molecule has 29 heavy (non-hydrogen) atoms. The molecule has 0 spiro atoms. The minimum absolute atomic E-state index is 0.0340. The lowest BCUT2D eigenvalue weighted by Gasteiger charge is -2.14. The number of carbonyl (C=O) groups excluding carboxylic acids is 2. The van der Waals surface area contributed by atoms with Gasteiger partial charge in [-0.2, -0.15) is 0 Å². The van der Waals surface area contributed by atoms with Crippen LogP contribution in [-0.4, -0.2) is 33.4 Å². The number of esters is 1. The van der Waals surface area contributed by atoms with Gasteiger partial charge in [0.25, 0.3) is 5.91 Å². The zero-order valence-electron chi connectivity index (χ0n) is 15.9. The Balaban J connectivity index is 1.69. The van der Waals surface area contributed by atoms with Crippen LogP contribution in [0.25, 0.3) is 10.8 Å². The van der Waals surface area contributed by atoms with Crippen molar-refractivity contribution < 1.29 is 22.7 Å². The highest BCUT2D eigenvalue weighted by Gasteiger charge is 2.21. The van der Waals surface area contributed by atoms with Gasteiger partial charge in [-0.3, -0.25) is 4.79 Å². The molecule has 0 aliphatic heterocycles. The topological polar surface area (TPSA) is 102 Å². The smallest absolute Gasteiger partial charge is 0.338 e. The van der Waals surface area contributed by atoms with Crippen LogP contribution in [0.5, 0.6) is 0 Å². The van der Waals surface area contributed by atoms with E-state index >= 15 is 0 Å². The Bertz CT molecular complexity index is 1170. The first-order chi connectivity index (χ1) is 13.8. The average molecular weight is 412 g/mol. The Hall–Kier alpha value is -3.23. The summed E-state index contributed by atoms with van der Waals surface area (Å²) in [5.74, 6) is -1.29. The Labute approximate surface area is 168 Å². The monoisotopic (exact) mass is 412 g/mol. The molecule has 0 unspecified atom stereocenters. The van der Waals surface area contributed by atoms with E-state index in [1.807, 2.05) is 36.4 Å². The van der Waals surface area contributed by atoms with Gasteiger partial charge in [-0.15, -0.1) is 0 Å². The van der Waals surface area contributed by atoms with E-state index in [4.69, 9.17) is 4.74 Å². The number of benzene rings is 3. The van der Waals surface area contributed by atoms with Gasteiger partial charge in [0, 0.05) is 5.69 Å². The van der Waals surface area contributed by atoms with Crippen LogP contribution in [0.1, 0.15) is 17.3 Å². The van der Waals surface area contributed by atoms with Crippen molar-refractivity contribution in [1.29, 1.82) is 0 Å². The van der Waals surface area contributed by atoms with E-state index in [0.29, 0.717) is 5.69 Å². The fraction of sp³-hybridized carbons (Fsp3) is 0.143. The maximum atomic E-state index is 12.4. The lowest BCUT2D eigenvalue weighted by molar-refractivity contribution is -0.123. The van der Waals surface area contributed by atoms with Crippen molar-refractivity contribution in [2.75, 3.05) is 12.4 Å². The summed E-state index contributed by atoms with van der Waals surface area (Å²) in [4.78, 5) is 24.7. The number of rotatable bonds is 6. The van der Waals surface area contributed by atoms with Gasteiger partial charge in [-0.05, 0) is 55.1 Å². The second-order valence-electron chi connectivity index (χ2n) is 6.33. The van der Waals surface area contributed by atoms with E-state index < -0.39 is 28.0 Å². The highest BCUT2D eigenvalue weighted by atomic mass is 32.2. The summed E-state index contributed by atoms with van der Waals surface area (Å²) in [5.41, 5.74) is 0.616. The molecule has 0 saturated heterocycles. The number of carbonyl (C=O) groups is 2. The maximum absolute atomic E-state index is 12.4. The molecule has 150 valence electrons. The molecule has 0 radical (unpaired) electrons. The van der Waals surface area contributed by atoms with Gasteiger partial charge in [-0.1, -0.05) is 36.4 Å². The van der Waals surface area contributed by atoms with Crippen molar-refractivity contribution in [1.82, 2.24) is 4.72 Å². The van der Waals surface area contributed by atoms with Crippen LogP contribution in [-0.2, 0) is 19.6 Å². The van der Waals surface area contributed by atoms with E-state index in [2.05, 4.69) is 10.0 Å². The zero-order chi connectivity index (χ0) is 21.0. The Kier molecular flexibility index (Phi) is 5.95. The first-order valence-corrected chi connectivity index (χ1v) is 10.3. The Morgan fingerprint density at radius 2 is 1.66 bits per heavy atom. The molecular weight excluding hydrogens is 392 g/mol. The third-order valence-corrected chi connectivity index (χ3v) is 5.73. The number of nitrogens with one attached hydrogen (secondary N) is 2. The summed E-state index contributed by atoms with van der Waals surface area (Å²) in [6.45, 7) is 1.45. The molecule has 7 nitrogen and oxygen atoms in total. The summed E-state index contributed by atoms with van der Waals surface area (Å²) in [7, 11) is -2.42. The summed E-state index contributed by atoms with van der Waals surface area (Å²) >= 11 is 0. The van der Waals surface area contributed by atoms with Crippen molar-refractivity contribution in [2.24, 2.45) is 0 Å². The van der Waals surface area contributed by atoms with Gasteiger partial charge in [0.15, 0.2) is 6.10 Å². The number of sulfonamides is 1. The van der Waals surface area contributed by atoms with Gasteiger partial charge >= 0.3 is 5.97 Å². The van der Waals surface area contributed by atoms with Crippen molar-refractivity contribution in [2.45, 2.75) is 17.9 Å². The number of hydrogen-bond acceptors (Lipinski definition) is 5. The predicted molar refractivity (Wildman–Crippen MR) is 110 cm³/mol. The molecule has 0 aliphatic rings. The van der Waals surface area contributed by atoms with Crippen LogP contribution < -0.4 is 10.0 Å². The molecule has 1 amide bonds. The Morgan fingerprint density at radius 3 is 2.38 bits per heavy atom. The number of hydrogen-bond donors (Lipinski definition) is 2. The minimum Gasteiger partial charge on any atom is -0.449 e. The van der Waals surface area contributed by atoms with Gasteiger partial charge in [0.1, 0.15) is 0 Å². The zero-order valence-corrected chi connectivity index (χ0v) is 16.7. The Morgan fingerprint density at radius 1 is 0.931 bits per heavy atom. The van der Waals surface area contributed by atoms with E-state index in [1.54, 1.807) is 6.07 Å². The summed E-state index contributed by atoms with van der Waals surface area (Å²) in [6.07, 6.45) is -1.07. The lowest BCUT2D eigenvalue weighted by Crippen LogP contribution is -2.30. The van der Waals surface area contributed by atoms with E-state index in [-0.39, 0.29) is 10.5 Å². The second-order valence-corrected chi connectivity index (χ2v) is 8.22. The van der Waals surface area contributed by atoms with Crippen molar-refractivity contribution in [3.63, 3.8) is 0 Å². The maximum Gasteiger partial charge on any atom is 0.338 e. The van der Waals surface area contributed by atoms with Crippen LogP contribution in [0.3, 0.4) is 0 Å². The molecular formula is C21H20N2O5S. The molecule has 0 aliphatic carbocycles. The van der Waals surface area contributed by atoms with Crippen LogP contribution in [0.4, 0.5) is 5.69 Å². The molecule has 0 saturated carbocycles. The molecule has 1 atom stereocenters. The average Bonchev–Trinajstić information content (AvgIpc) is 2.73. The number of anilines is 1. The van der Waals surface area contributed by atoms with E-state index in [9.17, 15) is 18.0 Å². The van der Waals surface area contributed by atoms with Crippen LogP contribution >= 0.6 is 0 Å². The van der Waals surface area contributed by atoms with Gasteiger partial charge in [-0.25, -0.2) is 17.9 Å². The molecule has 3 rings (SSSR count). The molecule has 3 aromatic rings. The van der Waals surface area contributed by atoms with E-state index in [1.165, 1.54) is 38.2 Å². The first kappa shape index (κ1) is 20.5. The molecule has 2 N–H and O–H groups in total. The molecule has 3 aromatic carbocycles. The van der Waals surface area contributed by atoms with Crippen molar-refractivity contribution in [3.8, 4) is 0 Å². The highest BCUT2D eigenvalue weighted by molar-refractivity contribution is 7.89. The summed E-state index contributed by atoms with van der Waals surface area (Å²) in [6, 6.07) is 18.6. The molecule has 8 heteroatoms. The third kappa shape index (κ3) is 4.79. The van der Waals surface area contributed by atoms with Crippen molar-refractivity contribution >= 4 is 38.4 Å². The summed E-state index contributed by atoms with van der Waals surface area (Å²) in [5, 5.41) is 4.73. The minimum atomic E-state index is -3.69. The van der Waals surface area contributed by atoms with Crippen LogP contribution in [0.15, 0.2) is 71.6 Å². The van der Waals surface area contributed by atoms with Gasteiger partial charge in [0.2, 0.25) is 10.0 Å². The van der Waals surface area contributed by atoms with Gasteiger partial charge < -0.3 is 10.1 Å². The van der Waals surface area contributed by atoms with Crippen molar-refractivity contribution in [3.05, 3.63) is 72.3 Å². The molecule has 0 bridgehead atoms. The molecule has 0 heterocycles. The third-order valence-electron chi connectivity index (χ3n) is 4.32. The standard InChI is InChI=1S/C21H20N2O5S/c1-14(20(24)23-18-11-10-15-6-3-4-7-16(15)12-18)28-21(25)17-8-5-9-19(13-17)29(26,27)22-2/h3-14,22H,1-2H3,(H,23,24)/t14-/m0/s1. The van der Waals surface area contributed by atoms with E-state index in [0.717, 1.165) is 10.8 Å². The summed E-state index contributed by atoms with van der Waals surface area (Å²) < 4.78 is 31.1. The largest absolute Gasteiger partial charge is 0.449 e. The number of amides is 1. The SMILES string of the molecule is CNS(=O)(=O)c1cccc(C(=O)O[C@@H](C)C(=O)Nc2ccc3ccccc3c2)c1. The lowest BCUT2D eigenvalue weighted by atomic mass is 10.1. The highest BCUT2D eigenvalue weighted by Crippen LogP contribution is 2.19. The van der Waals surface area contributed by atoms with Gasteiger partial charge in [0.05, 0.1) is 10.5 Å². The number of ether oxygens (including phenoxy) is 1. The number of fused-ring (bicyclic) bond motifs is 1. The first-order valence-electron chi connectivity index (χ1n) is 8.84. The quantitative estimate of drug-likeness (QED) is 0.606. The van der Waals surface area contributed by atoms with Crippen LogP contribution in [0.2, 0.25) is 0 Å². The normalized spacial score (nSPS) is 12.3. The molecule has 0 fully saturated rings. The predicted octanol–water partition coefficient (Wildman–Crippen LogP) is 2.93.